The Bertz CT molecular complexity index is 656. The van der Waals surface area contributed by atoms with E-state index in [0.717, 1.165) is 5.56 Å². The van der Waals surface area contributed by atoms with Gasteiger partial charge in [-0.25, -0.2) is 0 Å². The van der Waals surface area contributed by atoms with Crippen LogP contribution in [-0.4, -0.2) is 13.0 Å². The van der Waals surface area contributed by atoms with E-state index in [4.69, 9.17) is 10.00 Å². The lowest BCUT2D eigenvalue weighted by atomic mass is 10.1. The van der Waals surface area contributed by atoms with Crippen molar-refractivity contribution in [1.29, 1.82) is 5.26 Å². The Morgan fingerprint density at radius 2 is 2.21 bits per heavy atom. The lowest BCUT2D eigenvalue weighted by Crippen LogP contribution is -2.11. The van der Waals surface area contributed by atoms with E-state index in [0.29, 0.717) is 21.9 Å². The Balaban J connectivity index is 2.21. The molecule has 2 aromatic rings. The maximum Gasteiger partial charge on any atom is 0.265 e. The molecule has 0 bridgehead atoms. The first-order valence-corrected chi connectivity index (χ1v) is 6.46. The minimum atomic E-state index is -0.202. The molecule has 0 aliphatic rings. The molecule has 2 rings (SSSR count). The predicted molar refractivity (Wildman–Crippen MR) is 74.7 cm³/mol. The summed E-state index contributed by atoms with van der Waals surface area (Å²) in [4.78, 5) is 12.6. The lowest BCUT2D eigenvalue weighted by molar-refractivity contribution is 0.103. The van der Waals surface area contributed by atoms with Crippen LogP contribution in [-0.2, 0) is 0 Å². The van der Waals surface area contributed by atoms with Gasteiger partial charge in [-0.2, -0.15) is 5.26 Å². The van der Waals surface area contributed by atoms with Gasteiger partial charge >= 0.3 is 0 Å². The van der Waals surface area contributed by atoms with E-state index < -0.39 is 0 Å². The summed E-state index contributed by atoms with van der Waals surface area (Å²) in [6.07, 6.45) is 0. The SMILES string of the molecule is COc1csc(C(=O)Nc2cc(C#N)ccc2C)c1. The molecular weight excluding hydrogens is 260 g/mol. The fourth-order valence-electron chi connectivity index (χ4n) is 1.56. The van der Waals surface area contributed by atoms with Gasteiger partial charge < -0.3 is 10.1 Å². The molecule has 0 spiro atoms. The number of carbonyl (C=O) groups excluding carboxylic acids is 1. The van der Waals surface area contributed by atoms with E-state index in [-0.39, 0.29) is 5.91 Å². The second-order valence-corrected chi connectivity index (χ2v) is 4.86. The van der Waals surface area contributed by atoms with Crippen molar-refractivity contribution in [3.63, 3.8) is 0 Å². The molecule has 1 aromatic heterocycles. The van der Waals surface area contributed by atoms with Crippen molar-refractivity contribution in [2.24, 2.45) is 0 Å². The number of methoxy groups -OCH3 is 1. The van der Waals surface area contributed by atoms with Crippen molar-refractivity contribution < 1.29 is 9.53 Å². The maximum atomic E-state index is 12.1. The normalized spacial score (nSPS) is 9.74. The van der Waals surface area contributed by atoms with E-state index in [1.54, 1.807) is 30.7 Å². The van der Waals surface area contributed by atoms with Crippen LogP contribution in [0, 0.1) is 18.3 Å². The Kier molecular flexibility index (Phi) is 3.83. The molecule has 0 saturated heterocycles. The fourth-order valence-corrected chi connectivity index (χ4v) is 2.30. The molecule has 1 amide bonds. The summed E-state index contributed by atoms with van der Waals surface area (Å²) >= 11 is 1.32. The van der Waals surface area contributed by atoms with Gasteiger partial charge in [0, 0.05) is 17.1 Å². The van der Waals surface area contributed by atoms with Gasteiger partial charge in [-0.3, -0.25) is 4.79 Å². The molecule has 0 atom stereocenters. The second-order valence-electron chi connectivity index (χ2n) is 3.95. The molecule has 5 heteroatoms. The number of rotatable bonds is 3. The topological polar surface area (TPSA) is 62.1 Å². The standard InChI is InChI=1S/C14H12N2O2S/c1-9-3-4-10(7-15)5-12(9)16-14(17)13-6-11(18-2)8-19-13/h3-6,8H,1-2H3,(H,16,17). The highest BCUT2D eigenvalue weighted by Gasteiger charge is 2.11. The summed E-state index contributed by atoms with van der Waals surface area (Å²) in [5.41, 5.74) is 2.08. The summed E-state index contributed by atoms with van der Waals surface area (Å²) in [7, 11) is 1.56. The van der Waals surface area contributed by atoms with Gasteiger partial charge in [0.25, 0.3) is 5.91 Å². The molecule has 19 heavy (non-hydrogen) atoms. The largest absolute Gasteiger partial charge is 0.496 e. The molecule has 0 unspecified atom stereocenters. The molecule has 0 fully saturated rings. The van der Waals surface area contributed by atoms with Crippen LogP contribution in [0.4, 0.5) is 5.69 Å². The highest BCUT2D eigenvalue weighted by molar-refractivity contribution is 7.12. The van der Waals surface area contributed by atoms with Crippen LogP contribution in [0.15, 0.2) is 29.6 Å². The van der Waals surface area contributed by atoms with Gasteiger partial charge in [0.2, 0.25) is 0 Å². The van der Waals surface area contributed by atoms with Gasteiger partial charge in [0.05, 0.1) is 23.6 Å². The number of thiophene rings is 1. The first-order valence-electron chi connectivity index (χ1n) is 5.58. The molecule has 0 aliphatic carbocycles. The third-order valence-electron chi connectivity index (χ3n) is 2.65. The van der Waals surface area contributed by atoms with Crippen molar-refractivity contribution in [2.75, 3.05) is 12.4 Å². The van der Waals surface area contributed by atoms with Crippen LogP contribution in [0.1, 0.15) is 20.8 Å². The molecule has 0 aliphatic heterocycles. The summed E-state index contributed by atoms with van der Waals surface area (Å²) in [5.74, 6) is 0.462. The highest BCUT2D eigenvalue weighted by atomic mass is 32.1. The maximum absolute atomic E-state index is 12.1. The second kappa shape index (κ2) is 5.55. The zero-order valence-electron chi connectivity index (χ0n) is 10.6. The zero-order valence-corrected chi connectivity index (χ0v) is 11.4. The van der Waals surface area contributed by atoms with Gasteiger partial charge in [0.1, 0.15) is 5.75 Å². The first kappa shape index (κ1) is 13.1. The monoisotopic (exact) mass is 272 g/mol. The number of amides is 1. The molecule has 0 radical (unpaired) electrons. The number of benzene rings is 1. The van der Waals surface area contributed by atoms with E-state index >= 15 is 0 Å². The van der Waals surface area contributed by atoms with Gasteiger partial charge in [-0.15, -0.1) is 11.3 Å². The van der Waals surface area contributed by atoms with E-state index in [1.807, 2.05) is 13.0 Å². The highest BCUT2D eigenvalue weighted by Crippen LogP contribution is 2.23. The van der Waals surface area contributed by atoms with Crippen molar-refractivity contribution in [2.45, 2.75) is 6.92 Å². The van der Waals surface area contributed by atoms with Crippen LogP contribution >= 0.6 is 11.3 Å². The Morgan fingerprint density at radius 3 is 2.84 bits per heavy atom. The third-order valence-corrected chi connectivity index (χ3v) is 3.56. The number of nitrogens with one attached hydrogen (secondary N) is 1. The predicted octanol–water partition coefficient (Wildman–Crippen LogP) is 3.19. The van der Waals surface area contributed by atoms with Crippen LogP contribution in [0.25, 0.3) is 0 Å². The van der Waals surface area contributed by atoms with Crippen LogP contribution in [0.5, 0.6) is 5.75 Å². The lowest BCUT2D eigenvalue weighted by Gasteiger charge is -2.07. The number of aryl methyl sites for hydroxylation is 1. The van der Waals surface area contributed by atoms with Crippen molar-refractivity contribution in [3.8, 4) is 11.8 Å². The molecule has 96 valence electrons. The molecule has 0 saturated carbocycles. The summed E-state index contributed by atoms with van der Waals surface area (Å²) in [6, 6.07) is 8.93. The van der Waals surface area contributed by atoms with Crippen LogP contribution in [0.3, 0.4) is 0 Å². The summed E-state index contributed by atoms with van der Waals surface area (Å²) in [5, 5.41) is 13.4. The van der Waals surface area contributed by atoms with Gasteiger partial charge in [-0.1, -0.05) is 6.07 Å². The Labute approximate surface area is 115 Å². The number of ether oxygens (including phenoxy) is 1. The van der Waals surface area contributed by atoms with Gasteiger partial charge in [-0.05, 0) is 24.6 Å². The molecule has 4 nitrogen and oxygen atoms in total. The number of nitriles is 1. The number of hydrogen-bond donors (Lipinski definition) is 1. The summed E-state index contributed by atoms with van der Waals surface area (Å²) < 4.78 is 5.04. The number of nitrogens with zero attached hydrogens (tertiary/aromatic N) is 1. The quantitative estimate of drug-likeness (QED) is 0.933. The van der Waals surface area contributed by atoms with E-state index in [1.165, 1.54) is 11.3 Å². The van der Waals surface area contributed by atoms with E-state index in [2.05, 4.69) is 11.4 Å². The molecule has 1 aromatic carbocycles. The number of anilines is 1. The number of hydrogen-bond acceptors (Lipinski definition) is 4. The smallest absolute Gasteiger partial charge is 0.265 e. The van der Waals surface area contributed by atoms with Crippen molar-refractivity contribution in [3.05, 3.63) is 45.6 Å². The average molecular weight is 272 g/mol. The van der Waals surface area contributed by atoms with Crippen LogP contribution in [0.2, 0.25) is 0 Å². The molecule has 1 heterocycles. The Morgan fingerprint density at radius 1 is 1.42 bits per heavy atom. The Hall–Kier alpha value is -2.32. The molecule has 1 N–H and O–H groups in total. The zero-order chi connectivity index (χ0) is 13.8. The van der Waals surface area contributed by atoms with Crippen LogP contribution < -0.4 is 10.1 Å². The van der Waals surface area contributed by atoms with E-state index in [9.17, 15) is 4.79 Å². The minimum Gasteiger partial charge on any atom is -0.496 e. The fraction of sp³-hybridized carbons (Fsp3) is 0.143. The molecular formula is C14H12N2O2S. The van der Waals surface area contributed by atoms with Crippen molar-refractivity contribution >= 4 is 22.9 Å². The van der Waals surface area contributed by atoms with Gasteiger partial charge in [0.15, 0.2) is 0 Å². The number of carbonyl (C=O) groups is 1. The van der Waals surface area contributed by atoms with Crippen molar-refractivity contribution in [1.82, 2.24) is 0 Å². The minimum absolute atomic E-state index is 0.202. The third kappa shape index (κ3) is 2.92. The average Bonchev–Trinajstić information content (AvgIpc) is 2.90. The summed E-state index contributed by atoms with van der Waals surface area (Å²) in [6.45, 7) is 1.88. The first-order chi connectivity index (χ1) is 9.13.